The number of nitrogens with zero attached hydrogens (tertiary/aromatic N) is 3. The van der Waals surface area contributed by atoms with Crippen LogP contribution < -0.4 is 4.74 Å². The first-order chi connectivity index (χ1) is 12.4. The fourth-order valence-corrected chi connectivity index (χ4v) is 3.16. The molecule has 2 aromatic rings. The van der Waals surface area contributed by atoms with E-state index in [0.29, 0.717) is 24.2 Å². The molecule has 0 unspecified atom stereocenters. The molecular weight excluding hydrogens is 332 g/mol. The Balaban J connectivity index is 1.34. The van der Waals surface area contributed by atoms with E-state index >= 15 is 0 Å². The monoisotopic (exact) mass is 360 g/mol. The highest BCUT2D eigenvalue weighted by molar-refractivity contribution is 5.70. The number of rotatable bonds is 5. The van der Waals surface area contributed by atoms with Gasteiger partial charge in [-0.3, -0.25) is 0 Å². The summed E-state index contributed by atoms with van der Waals surface area (Å²) in [5.41, 5.74) is 1.13. The molecule has 0 aliphatic carbocycles. The fourth-order valence-electron chi connectivity index (χ4n) is 3.16. The molecule has 3 rings (SSSR count). The average Bonchev–Trinajstić information content (AvgIpc) is 3.00. The van der Waals surface area contributed by atoms with Gasteiger partial charge < -0.3 is 19.4 Å². The van der Waals surface area contributed by atoms with Gasteiger partial charge in [-0.2, -0.15) is 4.98 Å². The standard InChI is InChI=1S/C19H28N4O3/c1-19(2,3)26-18(24)23-11-8-14(9-12-23)6-5-13-25-17-21-15-7-4-10-20-16(15)22-17/h4,7,10,14H,5-6,8-9,11-13H2,1-3H3,(H,20,21,22). The second kappa shape index (κ2) is 7.93. The highest BCUT2D eigenvalue weighted by Gasteiger charge is 2.26. The van der Waals surface area contributed by atoms with Crippen LogP contribution in [0.15, 0.2) is 18.3 Å². The van der Waals surface area contributed by atoms with E-state index in [-0.39, 0.29) is 6.09 Å². The number of hydrogen-bond donors (Lipinski definition) is 1. The number of ether oxygens (including phenoxy) is 2. The second-order valence-corrected chi connectivity index (χ2v) is 7.82. The molecule has 1 aliphatic rings. The van der Waals surface area contributed by atoms with E-state index in [1.54, 1.807) is 6.20 Å². The molecule has 1 saturated heterocycles. The Kier molecular flexibility index (Phi) is 5.64. The molecule has 1 fully saturated rings. The van der Waals surface area contributed by atoms with Crippen LogP contribution in [0.3, 0.4) is 0 Å². The minimum atomic E-state index is -0.433. The maximum absolute atomic E-state index is 12.1. The molecular formula is C19H28N4O3. The largest absolute Gasteiger partial charge is 0.465 e. The van der Waals surface area contributed by atoms with Crippen LogP contribution in [-0.2, 0) is 4.74 Å². The Morgan fingerprint density at radius 3 is 2.81 bits per heavy atom. The number of H-pyrrole nitrogens is 1. The fraction of sp³-hybridized carbons (Fsp3) is 0.632. The molecule has 3 heterocycles. The van der Waals surface area contributed by atoms with Gasteiger partial charge in [0.15, 0.2) is 5.65 Å². The first kappa shape index (κ1) is 18.5. The lowest BCUT2D eigenvalue weighted by Gasteiger charge is -2.33. The number of amides is 1. The van der Waals surface area contributed by atoms with Crippen molar-refractivity contribution in [2.24, 2.45) is 5.92 Å². The van der Waals surface area contributed by atoms with Crippen LogP contribution in [0.4, 0.5) is 4.79 Å². The average molecular weight is 360 g/mol. The highest BCUT2D eigenvalue weighted by Crippen LogP contribution is 2.23. The minimum Gasteiger partial charge on any atom is -0.465 e. The van der Waals surface area contributed by atoms with Crippen molar-refractivity contribution in [1.82, 2.24) is 19.9 Å². The third-order valence-corrected chi connectivity index (χ3v) is 4.50. The first-order valence-corrected chi connectivity index (χ1v) is 9.32. The molecule has 0 radical (unpaired) electrons. The quantitative estimate of drug-likeness (QED) is 0.821. The molecule has 0 bridgehead atoms. The normalized spacial score (nSPS) is 16.0. The highest BCUT2D eigenvalue weighted by atomic mass is 16.6. The summed E-state index contributed by atoms with van der Waals surface area (Å²) >= 11 is 0. The SMILES string of the molecule is CC(C)(C)OC(=O)N1CCC(CCCOc2nc3ncccc3[nH]2)CC1. The predicted octanol–water partition coefficient (Wildman–Crippen LogP) is 3.76. The number of imidazole rings is 1. The smallest absolute Gasteiger partial charge is 0.410 e. The van der Waals surface area contributed by atoms with Gasteiger partial charge in [-0.15, -0.1) is 0 Å². The van der Waals surface area contributed by atoms with Crippen molar-refractivity contribution in [2.45, 2.75) is 52.1 Å². The number of carbonyl (C=O) groups excluding carboxylic acids is 1. The molecule has 0 spiro atoms. The summed E-state index contributed by atoms with van der Waals surface area (Å²) in [6, 6.07) is 4.33. The number of fused-ring (bicyclic) bond motifs is 1. The maximum atomic E-state index is 12.1. The van der Waals surface area contributed by atoms with E-state index in [1.165, 1.54) is 0 Å². The van der Waals surface area contributed by atoms with Crippen molar-refractivity contribution in [3.8, 4) is 6.01 Å². The second-order valence-electron chi connectivity index (χ2n) is 7.82. The zero-order valence-electron chi connectivity index (χ0n) is 15.8. The lowest BCUT2D eigenvalue weighted by atomic mass is 9.92. The molecule has 26 heavy (non-hydrogen) atoms. The minimum absolute atomic E-state index is 0.197. The lowest BCUT2D eigenvalue weighted by Crippen LogP contribution is -2.41. The summed E-state index contributed by atoms with van der Waals surface area (Å²) in [5, 5.41) is 0. The number of aromatic amines is 1. The number of pyridine rings is 1. The van der Waals surface area contributed by atoms with E-state index in [9.17, 15) is 4.79 Å². The molecule has 142 valence electrons. The van der Waals surface area contributed by atoms with E-state index in [2.05, 4.69) is 15.0 Å². The van der Waals surface area contributed by atoms with Crippen LogP contribution >= 0.6 is 0 Å². The van der Waals surface area contributed by atoms with Crippen molar-refractivity contribution >= 4 is 17.3 Å². The predicted molar refractivity (Wildman–Crippen MR) is 99.1 cm³/mol. The van der Waals surface area contributed by atoms with Crippen LogP contribution in [-0.4, -0.2) is 51.2 Å². The number of hydrogen-bond acceptors (Lipinski definition) is 5. The number of carbonyl (C=O) groups is 1. The molecule has 2 aromatic heterocycles. The lowest BCUT2D eigenvalue weighted by molar-refractivity contribution is 0.0179. The van der Waals surface area contributed by atoms with Crippen LogP contribution in [0.2, 0.25) is 0 Å². The third kappa shape index (κ3) is 5.09. The van der Waals surface area contributed by atoms with Crippen molar-refractivity contribution < 1.29 is 14.3 Å². The van der Waals surface area contributed by atoms with Gasteiger partial charge in [-0.1, -0.05) is 0 Å². The van der Waals surface area contributed by atoms with Crippen LogP contribution in [0.5, 0.6) is 6.01 Å². The topological polar surface area (TPSA) is 80.3 Å². The maximum Gasteiger partial charge on any atom is 0.410 e. The van der Waals surface area contributed by atoms with Crippen molar-refractivity contribution in [1.29, 1.82) is 0 Å². The molecule has 1 N–H and O–H groups in total. The summed E-state index contributed by atoms with van der Waals surface area (Å²) in [5.74, 6) is 0.634. The van der Waals surface area contributed by atoms with E-state index in [1.807, 2.05) is 37.8 Å². The van der Waals surface area contributed by atoms with E-state index < -0.39 is 5.60 Å². The Morgan fingerprint density at radius 1 is 1.35 bits per heavy atom. The van der Waals surface area contributed by atoms with Gasteiger partial charge in [-0.05, 0) is 64.5 Å². The molecule has 7 nitrogen and oxygen atoms in total. The third-order valence-electron chi connectivity index (χ3n) is 4.50. The van der Waals surface area contributed by atoms with Crippen LogP contribution in [0.25, 0.3) is 11.2 Å². The summed E-state index contributed by atoms with van der Waals surface area (Å²) in [6.07, 6.45) is 5.64. The summed E-state index contributed by atoms with van der Waals surface area (Å²) < 4.78 is 11.1. The van der Waals surface area contributed by atoms with Gasteiger partial charge in [-0.25, -0.2) is 9.78 Å². The van der Waals surface area contributed by atoms with Gasteiger partial charge in [0.2, 0.25) is 0 Å². The van der Waals surface area contributed by atoms with Crippen LogP contribution in [0, 0.1) is 5.92 Å². The molecule has 1 amide bonds. The molecule has 0 aromatic carbocycles. The molecule has 1 aliphatic heterocycles. The number of likely N-dealkylation sites (tertiary alicyclic amines) is 1. The van der Waals surface area contributed by atoms with Crippen molar-refractivity contribution in [3.05, 3.63) is 18.3 Å². The molecule has 0 atom stereocenters. The van der Waals surface area contributed by atoms with Crippen LogP contribution in [0.1, 0.15) is 46.5 Å². The van der Waals surface area contributed by atoms with Crippen molar-refractivity contribution in [2.75, 3.05) is 19.7 Å². The Hall–Kier alpha value is -2.31. The number of piperidine rings is 1. The van der Waals surface area contributed by atoms with Gasteiger partial charge >= 0.3 is 6.09 Å². The van der Waals surface area contributed by atoms with E-state index in [0.717, 1.165) is 44.3 Å². The van der Waals surface area contributed by atoms with Gasteiger partial charge in [0.05, 0.1) is 12.1 Å². The summed E-state index contributed by atoms with van der Waals surface area (Å²) in [4.78, 5) is 25.5. The first-order valence-electron chi connectivity index (χ1n) is 9.32. The van der Waals surface area contributed by atoms with Crippen molar-refractivity contribution in [3.63, 3.8) is 0 Å². The van der Waals surface area contributed by atoms with Gasteiger partial charge in [0.25, 0.3) is 6.01 Å². The Bertz CT molecular complexity index is 697. The Morgan fingerprint density at radius 2 is 2.12 bits per heavy atom. The summed E-state index contributed by atoms with van der Waals surface area (Å²) in [7, 11) is 0. The van der Waals surface area contributed by atoms with Gasteiger partial charge in [0, 0.05) is 19.3 Å². The van der Waals surface area contributed by atoms with Gasteiger partial charge in [0.1, 0.15) is 5.60 Å². The Labute approximate surface area is 154 Å². The van der Waals surface area contributed by atoms with E-state index in [4.69, 9.17) is 9.47 Å². The number of nitrogens with one attached hydrogen (secondary N) is 1. The number of aromatic nitrogens is 3. The zero-order valence-corrected chi connectivity index (χ0v) is 15.8. The molecule has 7 heteroatoms. The zero-order chi connectivity index (χ0) is 18.6. The molecule has 0 saturated carbocycles. The summed E-state index contributed by atoms with van der Waals surface area (Å²) in [6.45, 7) is 7.87.